The van der Waals surface area contributed by atoms with E-state index >= 15 is 0 Å². The lowest BCUT2D eigenvalue weighted by atomic mass is 10.1. The third kappa shape index (κ3) is 5.35. The first-order valence-electron chi connectivity index (χ1n) is 8.98. The van der Waals surface area contributed by atoms with Gasteiger partial charge in [-0.2, -0.15) is 0 Å². The van der Waals surface area contributed by atoms with Gasteiger partial charge < -0.3 is 10.1 Å². The normalized spacial score (nSPS) is 20.2. The Labute approximate surface area is 158 Å². The van der Waals surface area contributed by atoms with Gasteiger partial charge in [-0.15, -0.1) is 0 Å². The van der Waals surface area contributed by atoms with Crippen molar-refractivity contribution >= 4 is 17.3 Å². The van der Waals surface area contributed by atoms with Crippen LogP contribution in [0.25, 0.3) is 0 Å². The number of morpholine rings is 1. The van der Waals surface area contributed by atoms with Gasteiger partial charge in [-0.3, -0.25) is 19.8 Å². The number of nitrogens with zero attached hydrogens (tertiary/aromatic N) is 2. The minimum Gasteiger partial charge on any atom is -0.368 e. The van der Waals surface area contributed by atoms with Gasteiger partial charge in [-0.1, -0.05) is 36.4 Å². The fraction of sp³-hybridized carbons (Fsp3) is 0.350. The van der Waals surface area contributed by atoms with Gasteiger partial charge in [0.05, 0.1) is 17.1 Å². The average Bonchev–Trinajstić information content (AvgIpc) is 2.67. The molecule has 7 nitrogen and oxygen atoms in total. The van der Waals surface area contributed by atoms with Gasteiger partial charge in [0.25, 0.3) is 5.69 Å². The quantitative estimate of drug-likeness (QED) is 0.623. The molecule has 0 aliphatic carbocycles. The van der Waals surface area contributed by atoms with Gasteiger partial charge in [0.1, 0.15) is 0 Å². The summed E-state index contributed by atoms with van der Waals surface area (Å²) in [5.41, 5.74) is 1.53. The summed E-state index contributed by atoms with van der Waals surface area (Å²) in [5.74, 6) is -0.161. The Morgan fingerprint density at radius 3 is 2.74 bits per heavy atom. The number of nitro benzene ring substituents is 1. The van der Waals surface area contributed by atoms with Crippen molar-refractivity contribution in [3.8, 4) is 0 Å². The number of amides is 1. The summed E-state index contributed by atoms with van der Waals surface area (Å²) in [6, 6.07) is 16.0. The highest BCUT2D eigenvalue weighted by atomic mass is 16.6. The predicted molar refractivity (Wildman–Crippen MR) is 103 cm³/mol. The fourth-order valence-electron chi connectivity index (χ4n) is 3.25. The van der Waals surface area contributed by atoms with Gasteiger partial charge in [-0.25, -0.2) is 0 Å². The zero-order chi connectivity index (χ0) is 19.2. The molecule has 1 heterocycles. The monoisotopic (exact) mass is 369 g/mol. The molecule has 1 aliphatic rings. The molecule has 1 amide bonds. The maximum absolute atomic E-state index is 12.2. The van der Waals surface area contributed by atoms with Crippen molar-refractivity contribution in [2.45, 2.75) is 25.6 Å². The van der Waals surface area contributed by atoms with E-state index in [2.05, 4.69) is 22.3 Å². The van der Waals surface area contributed by atoms with Crippen LogP contribution in [0.1, 0.15) is 25.0 Å². The van der Waals surface area contributed by atoms with Crippen LogP contribution in [0.3, 0.4) is 0 Å². The summed E-state index contributed by atoms with van der Waals surface area (Å²) in [6.45, 7) is 4.15. The number of carbonyl (C=O) groups excluding carboxylic acids is 1. The largest absolute Gasteiger partial charge is 0.368 e. The molecule has 27 heavy (non-hydrogen) atoms. The van der Waals surface area contributed by atoms with Crippen LogP contribution in [0.5, 0.6) is 0 Å². The SMILES string of the molecule is CC1CN(CCC(=O)Nc2cccc([N+](=O)[O-])c2)CC(c2ccccc2)O1. The van der Waals surface area contributed by atoms with Crippen molar-refractivity contribution in [2.75, 3.05) is 25.0 Å². The van der Waals surface area contributed by atoms with Gasteiger partial charge >= 0.3 is 0 Å². The maximum Gasteiger partial charge on any atom is 0.271 e. The van der Waals surface area contributed by atoms with Gasteiger partial charge in [0, 0.05) is 43.9 Å². The van der Waals surface area contributed by atoms with Crippen molar-refractivity contribution in [1.82, 2.24) is 4.90 Å². The van der Waals surface area contributed by atoms with Crippen LogP contribution in [-0.4, -0.2) is 41.5 Å². The van der Waals surface area contributed by atoms with E-state index < -0.39 is 4.92 Å². The molecule has 1 saturated heterocycles. The lowest BCUT2D eigenvalue weighted by Crippen LogP contribution is -2.43. The summed E-state index contributed by atoms with van der Waals surface area (Å²) >= 11 is 0. The zero-order valence-corrected chi connectivity index (χ0v) is 15.2. The van der Waals surface area contributed by atoms with Crippen molar-refractivity contribution in [3.63, 3.8) is 0 Å². The van der Waals surface area contributed by atoms with Crippen molar-refractivity contribution < 1.29 is 14.5 Å². The minimum atomic E-state index is -0.478. The number of anilines is 1. The van der Waals surface area contributed by atoms with E-state index in [0.29, 0.717) is 18.7 Å². The van der Waals surface area contributed by atoms with E-state index in [1.165, 1.54) is 12.1 Å². The number of nitrogens with one attached hydrogen (secondary N) is 1. The minimum absolute atomic E-state index is 0.00483. The maximum atomic E-state index is 12.2. The molecule has 0 bridgehead atoms. The lowest BCUT2D eigenvalue weighted by molar-refractivity contribution is -0.384. The second-order valence-corrected chi connectivity index (χ2v) is 6.71. The Kier molecular flexibility index (Phi) is 6.16. The Bertz CT molecular complexity index is 797. The second-order valence-electron chi connectivity index (χ2n) is 6.71. The molecule has 0 saturated carbocycles. The zero-order valence-electron chi connectivity index (χ0n) is 15.2. The van der Waals surface area contributed by atoms with Gasteiger partial charge in [-0.05, 0) is 18.6 Å². The van der Waals surface area contributed by atoms with Crippen molar-refractivity contribution in [1.29, 1.82) is 0 Å². The Balaban J connectivity index is 1.53. The van der Waals surface area contributed by atoms with Crippen LogP contribution < -0.4 is 5.32 Å². The topological polar surface area (TPSA) is 84.7 Å². The van der Waals surface area contributed by atoms with Crippen LogP contribution in [0, 0.1) is 10.1 Å². The van der Waals surface area contributed by atoms with Crippen LogP contribution in [-0.2, 0) is 9.53 Å². The summed E-state index contributed by atoms with van der Waals surface area (Å²) in [7, 11) is 0. The number of nitro groups is 1. The first-order valence-corrected chi connectivity index (χ1v) is 8.98. The average molecular weight is 369 g/mol. The molecule has 3 rings (SSSR count). The van der Waals surface area contributed by atoms with Gasteiger partial charge in [0.15, 0.2) is 0 Å². The molecule has 142 valence electrons. The number of ether oxygens (including phenoxy) is 1. The summed E-state index contributed by atoms with van der Waals surface area (Å²) in [5, 5.41) is 13.6. The number of non-ortho nitro benzene ring substituents is 1. The Hall–Kier alpha value is -2.77. The second kappa shape index (κ2) is 8.75. The number of hydrogen-bond acceptors (Lipinski definition) is 5. The molecule has 2 atom stereocenters. The lowest BCUT2D eigenvalue weighted by Gasteiger charge is -2.37. The molecule has 2 aromatic carbocycles. The molecule has 1 aliphatic heterocycles. The molecule has 0 radical (unpaired) electrons. The van der Waals surface area contributed by atoms with Crippen LogP contribution in [0.4, 0.5) is 11.4 Å². The summed E-state index contributed by atoms with van der Waals surface area (Å²) in [4.78, 5) is 24.8. The molecule has 1 fully saturated rings. The number of hydrogen-bond donors (Lipinski definition) is 1. The number of benzene rings is 2. The summed E-state index contributed by atoms with van der Waals surface area (Å²) < 4.78 is 6.03. The molecule has 0 aromatic heterocycles. The highest BCUT2D eigenvalue weighted by Crippen LogP contribution is 2.25. The smallest absolute Gasteiger partial charge is 0.271 e. The van der Waals surface area contributed by atoms with Crippen LogP contribution in [0.15, 0.2) is 54.6 Å². The van der Waals surface area contributed by atoms with Gasteiger partial charge in [0.2, 0.25) is 5.91 Å². The predicted octanol–water partition coefficient (Wildman–Crippen LogP) is 3.39. The van der Waals surface area contributed by atoms with E-state index in [-0.39, 0.29) is 23.8 Å². The molecule has 2 unspecified atom stereocenters. The van der Waals surface area contributed by atoms with E-state index in [0.717, 1.165) is 18.7 Å². The molecular formula is C20H23N3O4. The molecule has 2 aromatic rings. The number of carbonyl (C=O) groups is 1. The Morgan fingerprint density at radius 2 is 2.00 bits per heavy atom. The Morgan fingerprint density at radius 1 is 1.22 bits per heavy atom. The third-order valence-electron chi connectivity index (χ3n) is 4.50. The summed E-state index contributed by atoms with van der Waals surface area (Å²) in [6.07, 6.45) is 0.398. The molecule has 0 spiro atoms. The van der Waals surface area contributed by atoms with E-state index in [4.69, 9.17) is 4.74 Å². The molecule has 7 heteroatoms. The van der Waals surface area contributed by atoms with E-state index in [9.17, 15) is 14.9 Å². The van der Waals surface area contributed by atoms with Crippen molar-refractivity contribution in [2.24, 2.45) is 0 Å². The van der Waals surface area contributed by atoms with E-state index in [1.807, 2.05) is 25.1 Å². The highest BCUT2D eigenvalue weighted by Gasteiger charge is 2.26. The third-order valence-corrected chi connectivity index (χ3v) is 4.50. The first-order chi connectivity index (χ1) is 13.0. The van der Waals surface area contributed by atoms with E-state index in [1.54, 1.807) is 12.1 Å². The fourth-order valence-corrected chi connectivity index (χ4v) is 3.25. The van der Waals surface area contributed by atoms with Crippen molar-refractivity contribution in [3.05, 3.63) is 70.3 Å². The first kappa shape index (κ1) is 19.0. The standard InChI is InChI=1S/C20H23N3O4/c1-15-13-22(14-19(27-15)16-6-3-2-4-7-16)11-10-20(24)21-17-8-5-9-18(12-17)23(25)26/h2-9,12,15,19H,10-11,13-14H2,1H3,(H,21,24). The van der Waals surface area contributed by atoms with Crippen LogP contribution >= 0.6 is 0 Å². The molecular weight excluding hydrogens is 346 g/mol. The number of rotatable bonds is 6. The van der Waals surface area contributed by atoms with Crippen LogP contribution in [0.2, 0.25) is 0 Å². The molecule has 1 N–H and O–H groups in total. The highest BCUT2D eigenvalue weighted by molar-refractivity contribution is 5.91.